The van der Waals surface area contributed by atoms with E-state index in [4.69, 9.17) is 24.0 Å². The summed E-state index contributed by atoms with van der Waals surface area (Å²) in [6.07, 6.45) is 0. The Morgan fingerprint density at radius 3 is 1.86 bits per heavy atom. The zero-order valence-electron chi connectivity index (χ0n) is 15.6. The van der Waals surface area contributed by atoms with Gasteiger partial charge in [-0.15, -0.1) is 0 Å². The van der Waals surface area contributed by atoms with Gasteiger partial charge in [0.25, 0.3) is 0 Å². The third-order valence-electron chi connectivity index (χ3n) is 3.69. The molecule has 0 aliphatic heterocycles. The summed E-state index contributed by atoms with van der Waals surface area (Å²) in [6.45, 7) is 5.43. The molecule has 0 saturated carbocycles. The van der Waals surface area contributed by atoms with E-state index in [1.807, 2.05) is 0 Å². The van der Waals surface area contributed by atoms with Gasteiger partial charge in [0.1, 0.15) is 6.04 Å². The molecule has 1 atom stereocenters. The van der Waals surface area contributed by atoms with Crippen LogP contribution in [0.2, 0.25) is 0 Å². The Morgan fingerprint density at radius 1 is 0.964 bits per heavy atom. The Morgan fingerprint density at radius 2 is 1.43 bits per heavy atom. The van der Waals surface area contributed by atoms with Gasteiger partial charge in [0.15, 0.2) is 36.3 Å². The van der Waals surface area contributed by atoms with Crippen molar-refractivity contribution in [1.82, 2.24) is 0 Å². The van der Waals surface area contributed by atoms with Crippen LogP contribution in [0.1, 0.15) is 36.9 Å². The van der Waals surface area contributed by atoms with Crippen LogP contribution in [0.4, 0.5) is 4.79 Å². The fourth-order valence-electron chi connectivity index (χ4n) is 1.96. The number of carbonyl (C=O) groups is 2. The first kappa shape index (κ1) is 21.6. The molecule has 2 N–H and O–H groups in total. The van der Waals surface area contributed by atoms with E-state index in [1.54, 1.807) is 13.8 Å². The van der Waals surface area contributed by atoms with Crippen LogP contribution in [-0.2, 0) is 27.5 Å². The number of aryl methyl sites for hydroxylation is 2. The van der Waals surface area contributed by atoms with Crippen molar-refractivity contribution >= 4 is 23.0 Å². The molecular weight excluding hydrogens is 398 g/mol. The lowest BCUT2D eigenvalue weighted by atomic mass is 10.0. The van der Waals surface area contributed by atoms with Crippen LogP contribution in [0.3, 0.4) is 0 Å². The summed E-state index contributed by atoms with van der Waals surface area (Å²) in [6, 6.07) is -1.20. The average molecular weight is 417 g/mol. The molecule has 0 fully saturated rings. The van der Waals surface area contributed by atoms with Crippen LogP contribution in [0.5, 0.6) is 0 Å². The molecule has 154 valence electrons. The van der Waals surface area contributed by atoms with E-state index in [1.165, 1.54) is 13.8 Å². The lowest BCUT2D eigenvalue weighted by Crippen LogP contribution is -2.48. The van der Waals surface area contributed by atoms with Crippen molar-refractivity contribution in [1.29, 1.82) is 0 Å². The summed E-state index contributed by atoms with van der Waals surface area (Å²) in [5.41, 5.74) is 5.89. The Bertz CT molecular complexity index is 963. The van der Waals surface area contributed by atoms with Crippen LogP contribution >= 0.6 is 11.8 Å². The first-order valence-electron chi connectivity index (χ1n) is 7.96. The minimum Gasteiger partial charge on any atom is -0.456 e. The number of nitrogens with two attached hydrogens (primary N) is 1. The lowest BCUT2D eigenvalue weighted by Gasteiger charge is -2.27. The molecule has 0 aliphatic rings. The second-order valence-corrected chi connectivity index (χ2v) is 7.79. The topological polar surface area (TPSA) is 165 Å². The maximum atomic E-state index is 12.2. The highest BCUT2D eigenvalue weighted by atomic mass is 32.2. The molecule has 2 heterocycles. The van der Waals surface area contributed by atoms with E-state index in [9.17, 15) is 19.2 Å². The van der Waals surface area contributed by atoms with Gasteiger partial charge in [-0.05, 0) is 39.5 Å². The summed E-state index contributed by atoms with van der Waals surface area (Å²) in [7, 11) is 0. The van der Waals surface area contributed by atoms with Gasteiger partial charge < -0.3 is 32.9 Å². The maximum absolute atomic E-state index is 12.2. The molecule has 0 bridgehead atoms. The van der Waals surface area contributed by atoms with Gasteiger partial charge in [-0.1, -0.05) is 0 Å². The van der Waals surface area contributed by atoms with E-state index >= 15 is 0 Å². The second-order valence-electron chi connectivity index (χ2n) is 6.20. The normalized spacial score (nSPS) is 12.6. The monoisotopic (exact) mass is 417 g/mol. The zero-order valence-corrected chi connectivity index (χ0v) is 16.4. The van der Waals surface area contributed by atoms with Crippen LogP contribution in [0.25, 0.3) is 0 Å². The van der Waals surface area contributed by atoms with Crippen LogP contribution in [0.15, 0.2) is 27.3 Å². The lowest BCUT2D eigenvalue weighted by molar-refractivity contribution is -0.147. The van der Waals surface area contributed by atoms with Crippen molar-refractivity contribution < 1.29 is 36.7 Å². The second kappa shape index (κ2) is 8.52. The third kappa shape index (κ3) is 5.39. The molecule has 0 radical (unpaired) electrons. The maximum Gasteiger partial charge on any atom is 0.519 e. The standard InChI is InChI=1S/C16H19NO10S/c1-7-9(26-13(19)24-7)5-22-12(18)11(17)16(3,4)28-15(21)23-6-10-8(2)25-14(20)27-10/h11H,5-6,17H2,1-4H3/t11-/m0/s1. The molecule has 0 aliphatic carbocycles. The highest BCUT2D eigenvalue weighted by Gasteiger charge is 2.37. The SMILES string of the molecule is Cc1oc(=O)oc1COC(=O)SC(C)(C)[C@@H](N)C(=O)OCc1oc(=O)oc1C. The first-order valence-corrected chi connectivity index (χ1v) is 8.78. The van der Waals surface area contributed by atoms with Crippen molar-refractivity contribution in [3.8, 4) is 0 Å². The van der Waals surface area contributed by atoms with Crippen molar-refractivity contribution in [3.63, 3.8) is 0 Å². The molecular formula is C16H19NO10S. The van der Waals surface area contributed by atoms with Crippen molar-refractivity contribution in [2.45, 2.75) is 51.7 Å². The minimum absolute atomic E-state index is 0.0624. The fourth-order valence-corrected chi connectivity index (χ4v) is 2.73. The summed E-state index contributed by atoms with van der Waals surface area (Å²) in [4.78, 5) is 46.1. The molecule has 0 amide bonds. The van der Waals surface area contributed by atoms with Gasteiger partial charge in [0.2, 0.25) is 0 Å². The first-order chi connectivity index (χ1) is 13.0. The van der Waals surface area contributed by atoms with Crippen molar-refractivity contribution in [3.05, 3.63) is 44.3 Å². The zero-order chi connectivity index (χ0) is 21.1. The molecule has 2 aromatic heterocycles. The molecule has 0 saturated heterocycles. The van der Waals surface area contributed by atoms with Gasteiger partial charge in [-0.3, -0.25) is 4.79 Å². The van der Waals surface area contributed by atoms with Gasteiger partial charge in [0, 0.05) is 4.75 Å². The number of rotatable bonds is 7. The molecule has 2 rings (SSSR count). The van der Waals surface area contributed by atoms with Crippen molar-refractivity contribution in [2.75, 3.05) is 0 Å². The number of hydrogen-bond acceptors (Lipinski definition) is 12. The summed E-state index contributed by atoms with van der Waals surface area (Å²) in [5.74, 6) is -2.09. The number of esters is 1. The van der Waals surface area contributed by atoms with Crippen LogP contribution in [-0.4, -0.2) is 22.1 Å². The number of ether oxygens (including phenoxy) is 2. The fraction of sp³-hybridized carbons (Fsp3) is 0.500. The predicted octanol–water partition coefficient (Wildman–Crippen LogP) is 1.61. The average Bonchev–Trinajstić information content (AvgIpc) is 3.09. The molecule has 0 spiro atoms. The number of carbonyl (C=O) groups excluding carboxylic acids is 2. The van der Waals surface area contributed by atoms with Gasteiger partial charge in [-0.25, -0.2) is 14.4 Å². The smallest absolute Gasteiger partial charge is 0.456 e. The van der Waals surface area contributed by atoms with Crippen LogP contribution < -0.4 is 17.4 Å². The highest BCUT2D eigenvalue weighted by molar-refractivity contribution is 8.14. The molecule has 12 heteroatoms. The van der Waals surface area contributed by atoms with E-state index in [0.29, 0.717) is 11.8 Å². The Kier molecular flexibility index (Phi) is 6.56. The van der Waals surface area contributed by atoms with Crippen LogP contribution in [0, 0.1) is 13.8 Å². The largest absolute Gasteiger partial charge is 0.519 e. The molecule has 28 heavy (non-hydrogen) atoms. The Hall–Kier alpha value is -2.73. The Labute approximate surface area is 162 Å². The van der Waals surface area contributed by atoms with E-state index in [-0.39, 0.29) is 36.3 Å². The summed E-state index contributed by atoms with van der Waals surface area (Å²) < 4.78 is 27.7. The molecule has 0 unspecified atom stereocenters. The summed E-state index contributed by atoms with van der Waals surface area (Å²) in [5, 5.41) is -0.742. The summed E-state index contributed by atoms with van der Waals surface area (Å²) >= 11 is 0.670. The van der Waals surface area contributed by atoms with E-state index in [2.05, 4.69) is 8.83 Å². The van der Waals surface area contributed by atoms with Crippen molar-refractivity contribution in [2.24, 2.45) is 5.73 Å². The predicted molar refractivity (Wildman–Crippen MR) is 93.6 cm³/mol. The van der Waals surface area contributed by atoms with Gasteiger partial charge in [-0.2, -0.15) is 0 Å². The number of thioether (sulfide) groups is 1. The van der Waals surface area contributed by atoms with E-state index < -0.39 is 33.7 Å². The minimum atomic E-state index is -1.20. The van der Waals surface area contributed by atoms with Gasteiger partial charge >= 0.3 is 22.9 Å². The van der Waals surface area contributed by atoms with E-state index in [0.717, 1.165) is 0 Å². The Balaban J connectivity index is 1.88. The number of hydrogen-bond donors (Lipinski definition) is 1. The molecule has 11 nitrogen and oxygen atoms in total. The molecule has 0 aromatic carbocycles. The third-order valence-corrected chi connectivity index (χ3v) is 4.75. The quantitative estimate of drug-likeness (QED) is 0.648. The highest BCUT2D eigenvalue weighted by Crippen LogP contribution is 2.30. The van der Waals surface area contributed by atoms with Gasteiger partial charge in [0.05, 0.1) is 0 Å². The molecule has 2 aromatic rings.